The number of rotatable bonds is 5. The number of carboxylic acids is 1. The average molecular weight is 231 g/mol. The van der Waals surface area contributed by atoms with Crippen LogP contribution in [-0.2, 0) is 9.59 Å². The third-order valence-electron chi connectivity index (χ3n) is 2.13. The number of carboxylic acid groups (broad SMARTS) is 1. The molecule has 0 atom stereocenters. The Balaban J connectivity index is 2.40. The van der Waals surface area contributed by atoms with E-state index in [4.69, 9.17) is 11.5 Å². The maximum absolute atomic E-state index is 11.4. The fourth-order valence-corrected chi connectivity index (χ4v) is 1.27. The van der Waals surface area contributed by atoms with E-state index in [0.29, 0.717) is 12.1 Å². The van der Waals surface area contributed by atoms with Crippen LogP contribution in [-0.4, -0.2) is 17.0 Å². The SMILES string of the molecule is C#Cc1ccc(NC(=O)CCCC(=O)O)cc1. The number of terminal acetylenes is 1. The van der Waals surface area contributed by atoms with Gasteiger partial charge in [-0.05, 0) is 30.7 Å². The summed E-state index contributed by atoms with van der Waals surface area (Å²) in [4.78, 5) is 21.7. The second-order valence-electron chi connectivity index (χ2n) is 3.52. The minimum atomic E-state index is -0.892. The number of carbonyl (C=O) groups excluding carboxylic acids is 1. The number of carbonyl (C=O) groups is 2. The molecule has 1 aromatic rings. The molecule has 0 heterocycles. The minimum Gasteiger partial charge on any atom is -0.481 e. The lowest BCUT2D eigenvalue weighted by molar-refractivity contribution is -0.137. The molecule has 0 saturated heterocycles. The van der Waals surface area contributed by atoms with E-state index in [1.165, 1.54) is 0 Å². The van der Waals surface area contributed by atoms with Crippen molar-refractivity contribution in [3.8, 4) is 12.3 Å². The van der Waals surface area contributed by atoms with E-state index in [1.54, 1.807) is 24.3 Å². The molecule has 17 heavy (non-hydrogen) atoms. The minimum absolute atomic E-state index is 0.00342. The van der Waals surface area contributed by atoms with Crippen LogP contribution in [0.15, 0.2) is 24.3 Å². The van der Waals surface area contributed by atoms with Crippen molar-refractivity contribution in [1.82, 2.24) is 0 Å². The summed E-state index contributed by atoms with van der Waals surface area (Å²) in [5, 5.41) is 11.1. The van der Waals surface area contributed by atoms with Gasteiger partial charge in [0.15, 0.2) is 0 Å². The summed E-state index contributed by atoms with van der Waals surface area (Å²) >= 11 is 0. The van der Waals surface area contributed by atoms with Crippen LogP contribution in [0.3, 0.4) is 0 Å². The Morgan fingerprint density at radius 3 is 2.41 bits per heavy atom. The van der Waals surface area contributed by atoms with E-state index in [1.807, 2.05) is 0 Å². The molecule has 0 radical (unpaired) electrons. The van der Waals surface area contributed by atoms with Crippen LogP contribution >= 0.6 is 0 Å². The van der Waals surface area contributed by atoms with Crippen molar-refractivity contribution in [2.45, 2.75) is 19.3 Å². The van der Waals surface area contributed by atoms with E-state index in [2.05, 4.69) is 11.2 Å². The molecule has 2 N–H and O–H groups in total. The first-order chi connectivity index (χ1) is 8.11. The van der Waals surface area contributed by atoms with Gasteiger partial charge in [-0.1, -0.05) is 5.92 Å². The van der Waals surface area contributed by atoms with Gasteiger partial charge in [-0.15, -0.1) is 6.42 Å². The van der Waals surface area contributed by atoms with Crippen LogP contribution in [0.2, 0.25) is 0 Å². The number of anilines is 1. The number of benzene rings is 1. The second-order valence-corrected chi connectivity index (χ2v) is 3.52. The highest BCUT2D eigenvalue weighted by Gasteiger charge is 2.04. The van der Waals surface area contributed by atoms with Gasteiger partial charge in [-0.2, -0.15) is 0 Å². The normalized spacial score (nSPS) is 9.35. The second kappa shape index (κ2) is 6.33. The first-order valence-corrected chi connectivity index (χ1v) is 5.20. The van der Waals surface area contributed by atoms with Gasteiger partial charge in [0.25, 0.3) is 0 Å². The molecule has 1 aromatic carbocycles. The molecule has 0 spiro atoms. The highest BCUT2D eigenvalue weighted by molar-refractivity contribution is 5.90. The van der Waals surface area contributed by atoms with Crippen molar-refractivity contribution in [3.63, 3.8) is 0 Å². The Hall–Kier alpha value is -2.28. The van der Waals surface area contributed by atoms with Gasteiger partial charge in [0.1, 0.15) is 0 Å². The maximum Gasteiger partial charge on any atom is 0.303 e. The molecular weight excluding hydrogens is 218 g/mol. The van der Waals surface area contributed by atoms with Gasteiger partial charge in [0, 0.05) is 24.1 Å². The van der Waals surface area contributed by atoms with Crippen molar-refractivity contribution < 1.29 is 14.7 Å². The van der Waals surface area contributed by atoms with Crippen LogP contribution in [0.4, 0.5) is 5.69 Å². The van der Waals surface area contributed by atoms with Crippen molar-refractivity contribution in [1.29, 1.82) is 0 Å². The highest BCUT2D eigenvalue weighted by atomic mass is 16.4. The quantitative estimate of drug-likeness (QED) is 0.760. The van der Waals surface area contributed by atoms with Gasteiger partial charge in [0.2, 0.25) is 5.91 Å². The van der Waals surface area contributed by atoms with Gasteiger partial charge in [-0.25, -0.2) is 0 Å². The summed E-state index contributed by atoms with van der Waals surface area (Å²) < 4.78 is 0. The van der Waals surface area contributed by atoms with E-state index < -0.39 is 5.97 Å². The molecule has 0 unspecified atom stereocenters. The molecule has 0 aliphatic rings. The summed E-state index contributed by atoms with van der Waals surface area (Å²) in [6.07, 6.45) is 5.74. The van der Waals surface area contributed by atoms with Crippen LogP contribution in [0, 0.1) is 12.3 Å². The van der Waals surface area contributed by atoms with E-state index in [0.717, 1.165) is 5.56 Å². The first-order valence-electron chi connectivity index (χ1n) is 5.20. The van der Waals surface area contributed by atoms with E-state index >= 15 is 0 Å². The maximum atomic E-state index is 11.4. The molecule has 0 bridgehead atoms. The lowest BCUT2D eigenvalue weighted by Gasteiger charge is -2.04. The van der Waals surface area contributed by atoms with Crippen molar-refractivity contribution in [2.75, 3.05) is 5.32 Å². The lowest BCUT2D eigenvalue weighted by atomic mass is 10.2. The standard InChI is InChI=1S/C13H13NO3/c1-2-10-6-8-11(9-7-10)14-12(15)4-3-5-13(16)17/h1,6-9H,3-5H2,(H,14,15)(H,16,17). The topological polar surface area (TPSA) is 66.4 Å². The van der Waals surface area contributed by atoms with Crippen LogP contribution in [0.1, 0.15) is 24.8 Å². The molecule has 0 fully saturated rings. The Bertz CT molecular complexity index is 443. The third kappa shape index (κ3) is 4.85. The fraction of sp³-hybridized carbons (Fsp3) is 0.231. The van der Waals surface area contributed by atoms with Crippen LogP contribution in [0.25, 0.3) is 0 Å². The largest absolute Gasteiger partial charge is 0.481 e. The Labute approximate surface area is 99.7 Å². The summed E-state index contributed by atoms with van der Waals surface area (Å²) in [6, 6.07) is 6.88. The molecule has 0 aliphatic carbocycles. The number of hydrogen-bond donors (Lipinski definition) is 2. The fourth-order valence-electron chi connectivity index (χ4n) is 1.27. The molecular formula is C13H13NO3. The Morgan fingerprint density at radius 1 is 1.24 bits per heavy atom. The lowest BCUT2D eigenvalue weighted by Crippen LogP contribution is -2.11. The highest BCUT2D eigenvalue weighted by Crippen LogP contribution is 2.09. The smallest absolute Gasteiger partial charge is 0.303 e. The number of hydrogen-bond acceptors (Lipinski definition) is 2. The zero-order chi connectivity index (χ0) is 12.7. The van der Waals surface area contributed by atoms with E-state index in [9.17, 15) is 9.59 Å². The van der Waals surface area contributed by atoms with Crippen LogP contribution in [0.5, 0.6) is 0 Å². The molecule has 4 heteroatoms. The predicted molar refractivity (Wildman–Crippen MR) is 64.5 cm³/mol. The summed E-state index contributed by atoms with van der Waals surface area (Å²) in [5.41, 5.74) is 1.40. The molecule has 0 aliphatic heterocycles. The Morgan fingerprint density at radius 2 is 1.88 bits per heavy atom. The van der Waals surface area contributed by atoms with E-state index in [-0.39, 0.29) is 18.7 Å². The zero-order valence-electron chi connectivity index (χ0n) is 9.27. The number of aliphatic carboxylic acids is 1. The van der Waals surface area contributed by atoms with Crippen molar-refractivity contribution in [2.24, 2.45) is 0 Å². The molecule has 88 valence electrons. The summed E-state index contributed by atoms with van der Waals surface area (Å²) in [6.45, 7) is 0. The monoisotopic (exact) mass is 231 g/mol. The average Bonchev–Trinajstić information content (AvgIpc) is 2.29. The van der Waals surface area contributed by atoms with Gasteiger partial charge >= 0.3 is 5.97 Å². The number of amides is 1. The third-order valence-corrected chi connectivity index (χ3v) is 2.13. The van der Waals surface area contributed by atoms with Gasteiger partial charge < -0.3 is 10.4 Å². The summed E-state index contributed by atoms with van der Waals surface area (Å²) in [7, 11) is 0. The number of nitrogens with one attached hydrogen (secondary N) is 1. The van der Waals surface area contributed by atoms with Crippen LogP contribution < -0.4 is 5.32 Å². The molecule has 1 amide bonds. The molecule has 0 saturated carbocycles. The molecule has 0 aromatic heterocycles. The van der Waals surface area contributed by atoms with Gasteiger partial charge in [-0.3, -0.25) is 9.59 Å². The Kier molecular flexibility index (Phi) is 4.77. The van der Waals surface area contributed by atoms with Crippen molar-refractivity contribution in [3.05, 3.63) is 29.8 Å². The first kappa shape index (κ1) is 12.8. The zero-order valence-corrected chi connectivity index (χ0v) is 9.27. The summed E-state index contributed by atoms with van der Waals surface area (Å²) in [5.74, 6) is 1.39. The molecule has 4 nitrogen and oxygen atoms in total. The van der Waals surface area contributed by atoms with Crippen molar-refractivity contribution >= 4 is 17.6 Å². The predicted octanol–water partition coefficient (Wildman–Crippen LogP) is 1.86. The van der Waals surface area contributed by atoms with Gasteiger partial charge in [0.05, 0.1) is 0 Å². The molecule has 1 rings (SSSR count).